The summed E-state index contributed by atoms with van der Waals surface area (Å²) in [5, 5.41) is 0. The van der Waals surface area contributed by atoms with Crippen LogP contribution < -0.4 is 0 Å². The molecule has 0 amide bonds. The number of hydrogen-bond acceptors (Lipinski definition) is 1. The Hall–Kier alpha value is -1.61. The number of hydrogen-bond donors (Lipinski definition) is 0. The topological polar surface area (TPSA) is 17.8 Å². The first kappa shape index (κ1) is 9.60. The van der Waals surface area contributed by atoms with Crippen LogP contribution in [0.2, 0.25) is 0 Å². The maximum absolute atomic E-state index is 4.37. The minimum Gasteiger partial charge on any atom is -0.299 e. The molecule has 3 aromatic rings. The molecule has 0 saturated heterocycles. The number of halogens is 1. The largest absolute Gasteiger partial charge is 0.299 e. The van der Waals surface area contributed by atoms with E-state index in [-0.39, 0.29) is 0 Å². The third-order valence-electron chi connectivity index (χ3n) is 2.54. The number of nitrogens with zero attached hydrogens (tertiary/aromatic N) is 2. The molecular weight excluding hydrogens is 264 g/mol. The third-order valence-corrected chi connectivity index (χ3v) is 3.03. The van der Waals surface area contributed by atoms with Gasteiger partial charge in [0.2, 0.25) is 0 Å². The van der Waals surface area contributed by atoms with Crippen molar-refractivity contribution >= 4 is 27.0 Å². The van der Waals surface area contributed by atoms with Gasteiger partial charge in [-0.05, 0) is 30.3 Å². The van der Waals surface area contributed by atoms with Crippen LogP contribution in [0.15, 0.2) is 59.3 Å². The van der Waals surface area contributed by atoms with Gasteiger partial charge in [-0.2, -0.15) is 0 Å². The Morgan fingerprint density at radius 2 is 1.88 bits per heavy atom. The molecule has 2 aromatic carbocycles. The van der Waals surface area contributed by atoms with Crippen LogP contribution >= 0.6 is 15.9 Å². The van der Waals surface area contributed by atoms with Crippen LogP contribution in [0, 0.1) is 0 Å². The summed E-state index contributed by atoms with van der Waals surface area (Å²) in [5.41, 5.74) is 3.26. The summed E-state index contributed by atoms with van der Waals surface area (Å²) in [5.74, 6) is 0. The van der Waals surface area contributed by atoms with Crippen molar-refractivity contribution in [2.45, 2.75) is 0 Å². The first-order valence-corrected chi connectivity index (χ1v) is 5.82. The highest BCUT2D eigenvalue weighted by molar-refractivity contribution is 9.10. The Labute approximate surface area is 102 Å². The molecule has 0 fully saturated rings. The molecule has 0 atom stereocenters. The fraction of sp³-hybridized carbons (Fsp3) is 0. The van der Waals surface area contributed by atoms with Crippen LogP contribution in [0.4, 0.5) is 0 Å². The zero-order chi connectivity index (χ0) is 11.0. The third kappa shape index (κ3) is 1.53. The monoisotopic (exact) mass is 272 g/mol. The quantitative estimate of drug-likeness (QED) is 0.659. The number of imidazole rings is 1. The van der Waals surface area contributed by atoms with Crippen LogP contribution in [-0.2, 0) is 0 Å². The Bertz CT molecular complexity index is 643. The second-order valence-electron chi connectivity index (χ2n) is 3.58. The number of rotatable bonds is 1. The van der Waals surface area contributed by atoms with Gasteiger partial charge < -0.3 is 0 Å². The lowest BCUT2D eigenvalue weighted by Gasteiger charge is -2.04. The number of fused-ring (bicyclic) bond motifs is 1. The fourth-order valence-electron chi connectivity index (χ4n) is 1.79. The van der Waals surface area contributed by atoms with Crippen molar-refractivity contribution in [2.24, 2.45) is 0 Å². The Kier molecular flexibility index (Phi) is 2.26. The lowest BCUT2D eigenvalue weighted by atomic mass is 10.3. The average molecular weight is 273 g/mol. The van der Waals surface area contributed by atoms with Gasteiger partial charge in [-0.1, -0.05) is 34.1 Å². The van der Waals surface area contributed by atoms with E-state index in [1.165, 1.54) is 0 Å². The van der Waals surface area contributed by atoms with E-state index in [1.807, 2.05) is 36.7 Å². The molecule has 3 heteroatoms. The molecule has 0 aliphatic heterocycles. The highest BCUT2D eigenvalue weighted by Crippen LogP contribution is 2.20. The van der Waals surface area contributed by atoms with Crippen molar-refractivity contribution in [1.82, 2.24) is 9.55 Å². The van der Waals surface area contributed by atoms with E-state index in [1.54, 1.807) is 0 Å². The molecule has 1 heterocycles. The van der Waals surface area contributed by atoms with E-state index >= 15 is 0 Å². The maximum Gasteiger partial charge on any atom is 0.100 e. The first-order chi connectivity index (χ1) is 7.84. The van der Waals surface area contributed by atoms with E-state index in [4.69, 9.17) is 0 Å². The van der Waals surface area contributed by atoms with E-state index in [9.17, 15) is 0 Å². The summed E-state index contributed by atoms with van der Waals surface area (Å²) in [4.78, 5) is 4.37. The van der Waals surface area contributed by atoms with Gasteiger partial charge in [0, 0.05) is 10.2 Å². The molecule has 1 aromatic heterocycles. The normalized spacial score (nSPS) is 10.8. The Balaban J connectivity index is 2.26. The van der Waals surface area contributed by atoms with Gasteiger partial charge >= 0.3 is 0 Å². The number of para-hydroxylation sites is 2. The molecule has 16 heavy (non-hydrogen) atoms. The van der Waals surface area contributed by atoms with Crippen LogP contribution in [0.5, 0.6) is 0 Å². The van der Waals surface area contributed by atoms with Gasteiger partial charge in [0.15, 0.2) is 0 Å². The van der Waals surface area contributed by atoms with Gasteiger partial charge in [0.05, 0.1) is 11.0 Å². The minimum absolute atomic E-state index is 1.02. The summed E-state index contributed by atoms with van der Waals surface area (Å²) in [6, 6.07) is 16.3. The van der Waals surface area contributed by atoms with Gasteiger partial charge in [0.25, 0.3) is 0 Å². The molecule has 3 rings (SSSR count). The van der Waals surface area contributed by atoms with Crippen LogP contribution in [0.3, 0.4) is 0 Å². The summed E-state index contributed by atoms with van der Waals surface area (Å²) < 4.78 is 3.16. The van der Waals surface area contributed by atoms with E-state index in [0.717, 1.165) is 21.2 Å². The number of benzene rings is 2. The Morgan fingerprint density at radius 3 is 2.75 bits per heavy atom. The van der Waals surface area contributed by atoms with Crippen LogP contribution in [0.1, 0.15) is 0 Å². The van der Waals surface area contributed by atoms with Crippen molar-refractivity contribution in [1.29, 1.82) is 0 Å². The summed E-state index contributed by atoms with van der Waals surface area (Å²) in [6.45, 7) is 0. The van der Waals surface area contributed by atoms with E-state index < -0.39 is 0 Å². The summed E-state index contributed by atoms with van der Waals surface area (Å²) >= 11 is 3.48. The van der Waals surface area contributed by atoms with Gasteiger partial charge in [-0.3, -0.25) is 4.57 Å². The highest BCUT2D eigenvalue weighted by atomic mass is 79.9. The molecule has 0 N–H and O–H groups in total. The molecular formula is C13H9BrN2. The van der Waals surface area contributed by atoms with Crippen LogP contribution in [0.25, 0.3) is 16.7 Å². The lowest BCUT2D eigenvalue weighted by molar-refractivity contribution is 1.09. The SMILES string of the molecule is Brc1cccc(-n2cnc3ccccc32)c1. The fourth-order valence-corrected chi connectivity index (χ4v) is 2.18. The van der Waals surface area contributed by atoms with Crippen molar-refractivity contribution < 1.29 is 0 Å². The van der Waals surface area contributed by atoms with Crippen LogP contribution in [-0.4, -0.2) is 9.55 Å². The van der Waals surface area contributed by atoms with Crippen molar-refractivity contribution in [3.8, 4) is 5.69 Å². The van der Waals surface area contributed by atoms with Gasteiger partial charge in [-0.25, -0.2) is 4.98 Å². The second-order valence-corrected chi connectivity index (χ2v) is 4.50. The minimum atomic E-state index is 1.02. The first-order valence-electron chi connectivity index (χ1n) is 5.02. The zero-order valence-corrected chi connectivity index (χ0v) is 10.1. The molecule has 0 spiro atoms. The number of aromatic nitrogens is 2. The molecule has 0 aliphatic carbocycles. The second kappa shape index (κ2) is 3.76. The summed E-state index contributed by atoms with van der Waals surface area (Å²) in [7, 11) is 0. The predicted octanol–water partition coefficient (Wildman–Crippen LogP) is 3.79. The van der Waals surface area contributed by atoms with Crippen molar-refractivity contribution in [3.05, 3.63) is 59.3 Å². The molecule has 0 radical (unpaired) electrons. The molecule has 2 nitrogen and oxygen atoms in total. The predicted molar refractivity (Wildman–Crippen MR) is 68.8 cm³/mol. The highest BCUT2D eigenvalue weighted by Gasteiger charge is 2.03. The smallest absolute Gasteiger partial charge is 0.100 e. The molecule has 0 aliphatic rings. The van der Waals surface area contributed by atoms with Gasteiger partial charge in [-0.15, -0.1) is 0 Å². The van der Waals surface area contributed by atoms with Gasteiger partial charge in [0.1, 0.15) is 6.33 Å². The zero-order valence-electron chi connectivity index (χ0n) is 8.47. The van der Waals surface area contributed by atoms with E-state index in [2.05, 4.69) is 43.7 Å². The summed E-state index contributed by atoms with van der Waals surface area (Å²) in [6.07, 6.45) is 1.85. The maximum atomic E-state index is 4.37. The van der Waals surface area contributed by atoms with Crippen molar-refractivity contribution in [3.63, 3.8) is 0 Å². The van der Waals surface area contributed by atoms with E-state index in [0.29, 0.717) is 0 Å². The average Bonchev–Trinajstić information content (AvgIpc) is 2.72. The Morgan fingerprint density at radius 1 is 1.00 bits per heavy atom. The molecule has 0 bridgehead atoms. The molecule has 0 saturated carbocycles. The van der Waals surface area contributed by atoms with Crippen molar-refractivity contribution in [2.75, 3.05) is 0 Å². The molecule has 0 unspecified atom stereocenters. The lowest BCUT2D eigenvalue weighted by Crippen LogP contribution is -1.90. The molecule has 78 valence electrons. The standard InChI is InChI=1S/C13H9BrN2/c14-10-4-3-5-11(8-10)16-9-15-12-6-1-2-7-13(12)16/h1-9H.